The molecule has 9 aromatic carbocycles. The molecule has 0 fully saturated rings. The molecule has 11 rings (SSSR count). The second-order valence-corrected chi connectivity index (χ2v) is 15.2. The molecule has 0 spiro atoms. The molecule has 11 aromatic rings. The zero-order chi connectivity index (χ0) is 40.5. The highest BCUT2D eigenvalue weighted by molar-refractivity contribution is 6.06. The van der Waals surface area contributed by atoms with Crippen molar-refractivity contribution in [3.8, 4) is 33.7 Å². The first-order chi connectivity index (χ1) is 30.2. The van der Waals surface area contributed by atoms with Crippen LogP contribution < -0.4 is 9.80 Å². The molecule has 2 aromatic heterocycles. The van der Waals surface area contributed by atoms with E-state index < -0.39 is 0 Å². The van der Waals surface area contributed by atoms with Gasteiger partial charge < -0.3 is 18.6 Å². The van der Waals surface area contributed by atoms with Crippen LogP contribution in [0.4, 0.5) is 28.4 Å². The molecular formula is C56H39N3O2. The van der Waals surface area contributed by atoms with Crippen molar-refractivity contribution >= 4 is 61.5 Å². The Labute approximate surface area is 354 Å². The molecule has 0 amide bonds. The van der Waals surface area contributed by atoms with Crippen LogP contribution in [0.5, 0.6) is 0 Å². The largest absolute Gasteiger partial charge is 0.456 e. The Kier molecular flexibility index (Phi) is 9.17. The second-order valence-electron chi connectivity index (χ2n) is 15.2. The molecule has 2 heterocycles. The molecule has 0 atom stereocenters. The van der Waals surface area contributed by atoms with E-state index in [-0.39, 0.29) is 0 Å². The van der Waals surface area contributed by atoms with Crippen LogP contribution in [-0.4, -0.2) is 4.98 Å². The molecular weight excluding hydrogens is 747 g/mol. The normalized spacial score (nSPS) is 11.3. The number of furan rings is 1. The van der Waals surface area contributed by atoms with Crippen LogP contribution in [0.25, 0.3) is 66.7 Å². The van der Waals surface area contributed by atoms with Crippen LogP contribution in [0.3, 0.4) is 0 Å². The third kappa shape index (κ3) is 6.88. The quantitative estimate of drug-likeness (QED) is 0.138. The Balaban J connectivity index is 1.15. The van der Waals surface area contributed by atoms with Crippen LogP contribution in [0.2, 0.25) is 0 Å². The van der Waals surface area contributed by atoms with Crippen molar-refractivity contribution < 1.29 is 8.83 Å². The van der Waals surface area contributed by atoms with Gasteiger partial charge in [0.2, 0.25) is 5.89 Å². The maximum Gasteiger partial charge on any atom is 0.227 e. The van der Waals surface area contributed by atoms with E-state index in [2.05, 4.69) is 186 Å². The summed E-state index contributed by atoms with van der Waals surface area (Å²) in [4.78, 5) is 9.90. The second kappa shape index (κ2) is 15.6. The van der Waals surface area contributed by atoms with E-state index in [9.17, 15) is 0 Å². The zero-order valence-corrected chi connectivity index (χ0v) is 33.2. The van der Waals surface area contributed by atoms with E-state index >= 15 is 0 Å². The Morgan fingerprint density at radius 2 is 0.967 bits per heavy atom. The molecule has 0 aliphatic carbocycles. The summed E-state index contributed by atoms with van der Waals surface area (Å²) in [6, 6.07) is 78.3. The van der Waals surface area contributed by atoms with Gasteiger partial charge in [0.15, 0.2) is 5.58 Å². The molecule has 0 bridgehead atoms. The number of para-hydroxylation sites is 2. The van der Waals surface area contributed by atoms with Gasteiger partial charge in [0.25, 0.3) is 0 Å². The molecule has 0 N–H and O–H groups in total. The molecule has 0 saturated carbocycles. The first-order valence-corrected chi connectivity index (χ1v) is 20.6. The highest BCUT2D eigenvalue weighted by atomic mass is 16.3. The van der Waals surface area contributed by atoms with Crippen molar-refractivity contribution in [2.45, 2.75) is 6.54 Å². The Morgan fingerprint density at radius 3 is 1.72 bits per heavy atom. The molecule has 0 aliphatic rings. The monoisotopic (exact) mass is 785 g/mol. The van der Waals surface area contributed by atoms with E-state index in [4.69, 9.17) is 13.8 Å². The van der Waals surface area contributed by atoms with E-state index in [1.54, 1.807) is 0 Å². The van der Waals surface area contributed by atoms with Gasteiger partial charge in [0, 0.05) is 45.6 Å². The van der Waals surface area contributed by atoms with Crippen molar-refractivity contribution in [1.29, 1.82) is 0 Å². The molecule has 0 aliphatic heterocycles. The van der Waals surface area contributed by atoms with E-state index in [0.29, 0.717) is 18.0 Å². The number of rotatable bonds is 10. The minimum Gasteiger partial charge on any atom is -0.456 e. The highest BCUT2D eigenvalue weighted by Crippen LogP contribution is 2.45. The molecule has 290 valence electrons. The Morgan fingerprint density at radius 1 is 0.393 bits per heavy atom. The van der Waals surface area contributed by atoms with Gasteiger partial charge in [-0.25, -0.2) is 4.98 Å². The lowest BCUT2D eigenvalue weighted by Gasteiger charge is -2.30. The van der Waals surface area contributed by atoms with Crippen LogP contribution in [-0.2, 0) is 6.54 Å². The number of nitrogens with zero attached hydrogens (tertiary/aromatic N) is 3. The SMILES string of the molecule is c1ccc(-c2ccc(N(c3ccccc3)c3cc(N(Cc4ccccc4-c4ccccc4)c4ccc5oc6ccccc6c5c4)cc4nc(-c5ccccc5)oc34)cc2)cc1. The average Bonchev–Trinajstić information content (AvgIpc) is 3.94. The number of hydrogen-bond acceptors (Lipinski definition) is 5. The molecule has 0 saturated heterocycles. The summed E-state index contributed by atoms with van der Waals surface area (Å²) in [6.07, 6.45) is 0. The number of anilines is 5. The van der Waals surface area contributed by atoms with Crippen molar-refractivity contribution in [3.63, 3.8) is 0 Å². The van der Waals surface area contributed by atoms with Crippen molar-refractivity contribution in [1.82, 2.24) is 4.98 Å². The van der Waals surface area contributed by atoms with Crippen LogP contribution in [0, 0.1) is 0 Å². The summed E-state index contributed by atoms with van der Waals surface area (Å²) in [5, 5.41) is 2.14. The van der Waals surface area contributed by atoms with Gasteiger partial charge in [-0.3, -0.25) is 0 Å². The van der Waals surface area contributed by atoms with Gasteiger partial charge in [-0.2, -0.15) is 0 Å². The smallest absolute Gasteiger partial charge is 0.227 e. The Bertz CT molecular complexity index is 3270. The lowest BCUT2D eigenvalue weighted by atomic mass is 9.99. The predicted molar refractivity (Wildman–Crippen MR) is 251 cm³/mol. The average molecular weight is 786 g/mol. The molecule has 61 heavy (non-hydrogen) atoms. The lowest BCUT2D eigenvalue weighted by Crippen LogP contribution is -2.18. The van der Waals surface area contributed by atoms with Crippen molar-refractivity contribution in [2.75, 3.05) is 9.80 Å². The lowest BCUT2D eigenvalue weighted by molar-refractivity contribution is 0.620. The summed E-state index contributed by atoms with van der Waals surface area (Å²) in [7, 11) is 0. The van der Waals surface area contributed by atoms with Gasteiger partial charge in [0.05, 0.1) is 5.69 Å². The van der Waals surface area contributed by atoms with E-state index in [1.165, 1.54) is 22.3 Å². The number of aromatic nitrogens is 1. The zero-order valence-electron chi connectivity index (χ0n) is 33.2. The minimum absolute atomic E-state index is 0.564. The summed E-state index contributed by atoms with van der Waals surface area (Å²) < 4.78 is 13.2. The van der Waals surface area contributed by atoms with E-state index in [0.717, 1.165) is 67.0 Å². The fraction of sp³-hybridized carbons (Fsp3) is 0.0179. The van der Waals surface area contributed by atoms with Gasteiger partial charge >= 0.3 is 0 Å². The number of hydrogen-bond donors (Lipinski definition) is 0. The number of benzene rings is 9. The summed E-state index contributed by atoms with van der Waals surface area (Å²) in [6.45, 7) is 0.581. The first-order valence-electron chi connectivity index (χ1n) is 20.6. The van der Waals surface area contributed by atoms with Crippen molar-refractivity contribution in [2.24, 2.45) is 0 Å². The van der Waals surface area contributed by atoms with Gasteiger partial charge in [-0.1, -0.05) is 152 Å². The summed E-state index contributed by atoms with van der Waals surface area (Å²) >= 11 is 0. The van der Waals surface area contributed by atoms with E-state index in [1.807, 2.05) is 48.5 Å². The summed E-state index contributed by atoms with van der Waals surface area (Å²) in [5.74, 6) is 0.564. The van der Waals surface area contributed by atoms with Crippen molar-refractivity contribution in [3.05, 3.63) is 230 Å². The number of oxazole rings is 1. The summed E-state index contributed by atoms with van der Waals surface area (Å²) in [5.41, 5.74) is 14.8. The van der Waals surface area contributed by atoms with Gasteiger partial charge in [-0.15, -0.1) is 0 Å². The third-order valence-corrected chi connectivity index (χ3v) is 11.4. The van der Waals surface area contributed by atoms with Crippen LogP contribution >= 0.6 is 0 Å². The van der Waals surface area contributed by atoms with Crippen LogP contribution in [0.15, 0.2) is 233 Å². The van der Waals surface area contributed by atoms with Gasteiger partial charge in [-0.05, 0) is 101 Å². The topological polar surface area (TPSA) is 45.7 Å². The fourth-order valence-corrected chi connectivity index (χ4v) is 8.41. The highest BCUT2D eigenvalue weighted by Gasteiger charge is 2.25. The van der Waals surface area contributed by atoms with Gasteiger partial charge in [0.1, 0.15) is 16.7 Å². The Hall–Kier alpha value is -8.15. The molecule has 5 heteroatoms. The maximum absolute atomic E-state index is 6.85. The fourth-order valence-electron chi connectivity index (χ4n) is 8.41. The predicted octanol–water partition coefficient (Wildman–Crippen LogP) is 15.5. The first kappa shape index (κ1) is 36.0. The minimum atomic E-state index is 0.564. The maximum atomic E-state index is 6.85. The van der Waals surface area contributed by atoms with Crippen LogP contribution in [0.1, 0.15) is 5.56 Å². The standard InChI is InChI=1S/C56H39N3O2/c1-5-17-39(18-6-1)40-29-31-45(32-30-40)59(44-24-11-4-12-25-44)52-37-47(36-51-55(52)61-56(57-51)42-21-9-3-10-22-42)58(38-43-23-13-14-26-48(43)41-19-7-2-8-20-41)46-33-34-54-50(35-46)49-27-15-16-28-53(49)60-54/h1-37H,38H2. The molecule has 0 radical (unpaired) electrons. The third-order valence-electron chi connectivity index (χ3n) is 11.4. The number of fused-ring (bicyclic) bond motifs is 4. The molecule has 5 nitrogen and oxygen atoms in total. The molecule has 0 unspecified atom stereocenters.